The van der Waals surface area contributed by atoms with Crippen LogP contribution >= 0.6 is 0 Å². The summed E-state index contributed by atoms with van der Waals surface area (Å²) in [5, 5.41) is 8.34. The van der Waals surface area contributed by atoms with Gasteiger partial charge in [-0.25, -0.2) is 0 Å². The molecule has 4 rings (SSSR count). The molecule has 0 spiro atoms. The highest BCUT2D eigenvalue weighted by atomic mass is 16.5. The van der Waals surface area contributed by atoms with E-state index in [9.17, 15) is 0 Å². The van der Waals surface area contributed by atoms with Gasteiger partial charge in [-0.3, -0.25) is 0 Å². The van der Waals surface area contributed by atoms with Crippen molar-refractivity contribution >= 4 is 0 Å². The molecule has 0 radical (unpaired) electrons. The molecular weight excluding hydrogens is 360 g/mol. The molecule has 0 N–H and O–H groups in total. The first-order valence-electron chi connectivity index (χ1n) is 9.47. The molecule has 0 saturated heterocycles. The Kier molecular flexibility index (Phi) is 5.34. The smallest absolute Gasteiger partial charge is 0.284 e. The first-order chi connectivity index (χ1) is 13.7. The maximum atomic E-state index is 5.88. The number of rotatable bonds is 7. The van der Waals surface area contributed by atoms with Crippen LogP contribution in [-0.4, -0.2) is 30.5 Å². The van der Waals surface area contributed by atoms with Crippen molar-refractivity contribution in [2.24, 2.45) is 5.92 Å². The normalized spacial score (nSPS) is 13.6. The van der Waals surface area contributed by atoms with Crippen LogP contribution in [-0.2, 0) is 17.8 Å². The van der Waals surface area contributed by atoms with E-state index in [1.807, 2.05) is 18.2 Å². The SMILES string of the molecule is COc1cc(-c2nnc(-c3occ4c3CCOC4)o2)ccc1OCCC(C)C. The number of benzene rings is 1. The second-order valence-electron chi connectivity index (χ2n) is 7.18. The molecule has 0 unspecified atom stereocenters. The van der Waals surface area contributed by atoms with Crippen molar-refractivity contribution in [2.75, 3.05) is 20.3 Å². The zero-order valence-corrected chi connectivity index (χ0v) is 16.4. The summed E-state index contributed by atoms with van der Waals surface area (Å²) >= 11 is 0. The van der Waals surface area contributed by atoms with E-state index >= 15 is 0 Å². The van der Waals surface area contributed by atoms with Crippen LogP contribution in [0.4, 0.5) is 0 Å². The molecule has 0 fully saturated rings. The molecule has 3 heterocycles. The van der Waals surface area contributed by atoms with Gasteiger partial charge < -0.3 is 23.0 Å². The number of aromatic nitrogens is 2. The molecule has 2 aromatic heterocycles. The third-order valence-corrected chi connectivity index (χ3v) is 4.72. The van der Waals surface area contributed by atoms with E-state index in [1.54, 1.807) is 13.4 Å². The van der Waals surface area contributed by atoms with Crippen molar-refractivity contribution in [2.45, 2.75) is 33.3 Å². The predicted molar refractivity (Wildman–Crippen MR) is 102 cm³/mol. The molecule has 0 bridgehead atoms. The number of ether oxygens (including phenoxy) is 3. The van der Waals surface area contributed by atoms with Crippen molar-refractivity contribution in [3.63, 3.8) is 0 Å². The lowest BCUT2D eigenvalue weighted by Crippen LogP contribution is -2.07. The lowest BCUT2D eigenvalue weighted by Gasteiger charge is -2.12. The molecule has 3 aromatic rings. The maximum Gasteiger partial charge on any atom is 0.284 e. The van der Waals surface area contributed by atoms with E-state index in [4.69, 9.17) is 23.0 Å². The first kappa shape index (κ1) is 18.6. The molecule has 0 amide bonds. The lowest BCUT2D eigenvalue weighted by molar-refractivity contribution is 0.111. The van der Waals surface area contributed by atoms with Gasteiger partial charge in [0.1, 0.15) is 0 Å². The Hall–Kier alpha value is -2.80. The van der Waals surface area contributed by atoms with E-state index in [2.05, 4.69) is 24.0 Å². The molecule has 28 heavy (non-hydrogen) atoms. The van der Waals surface area contributed by atoms with Gasteiger partial charge in [0.2, 0.25) is 5.89 Å². The Morgan fingerprint density at radius 2 is 2.00 bits per heavy atom. The van der Waals surface area contributed by atoms with Crippen LogP contribution in [0.15, 0.2) is 33.3 Å². The van der Waals surface area contributed by atoms with Gasteiger partial charge in [-0.2, -0.15) is 0 Å². The molecular formula is C21H24N2O5. The molecule has 1 aliphatic heterocycles. The summed E-state index contributed by atoms with van der Waals surface area (Å²) in [6.45, 7) is 6.19. The van der Waals surface area contributed by atoms with Crippen molar-refractivity contribution in [1.29, 1.82) is 0 Å². The van der Waals surface area contributed by atoms with E-state index in [0.29, 0.717) is 54.8 Å². The predicted octanol–water partition coefficient (Wildman–Crippen LogP) is 4.50. The second-order valence-corrected chi connectivity index (χ2v) is 7.18. The maximum absolute atomic E-state index is 5.88. The number of fused-ring (bicyclic) bond motifs is 1. The number of nitrogens with zero attached hydrogens (tertiary/aromatic N) is 2. The summed E-state index contributed by atoms with van der Waals surface area (Å²) in [5.74, 6) is 3.31. The third kappa shape index (κ3) is 3.75. The Bertz CT molecular complexity index is 944. The monoisotopic (exact) mass is 384 g/mol. The summed E-state index contributed by atoms with van der Waals surface area (Å²) in [7, 11) is 1.62. The standard InChI is InChI=1S/C21H24N2O5/c1-13(2)6-9-26-17-5-4-14(10-18(17)24-3)20-22-23-21(28-20)19-16-7-8-25-11-15(16)12-27-19/h4-5,10,12-13H,6-9,11H2,1-3H3. The third-order valence-electron chi connectivity index (χ3n) is 4.72. The van der Waals surface area contributed by atoms with Crippen LogP contribution in [0.1, 0.15) is 31.4 Å². The minimum atomic E-state index is 0.370. The second kappa shape index (κ2) is 8.06. The van der Waals surface area contributed by atoms with Crippen LogP contribution in [0.2, 0.25) is 0 Å². The molecule has 7 heteroatoms. The van der Waals surface area contributed by atoms with Crippen molar-refractivity contribution in [3.05, 3.63) is 35.6 Å². The number of furan rings is 1. The fourth-order valence-corrected chi connectivity index (χ4v) is 3.11. The Morgan fingerprint density at radius 1 is 1.14 bits per heavy atom. The number of methoxy groups -OCH3 is 1. The van der Waals surface area contributed by atoms with Gasteiger partial charge in [-0.1, -0.05) is 13.8 Å². The number of hydrogen-bond donors (Lipinski definition) is 0. The molecule has 1 aromatic carbocycles. The fourth-order valence-electron chi connectivity index (χ4n) is 3.11. The van der Waals surface area contributed by atoms with Crippen molar-refractivity contribution in [1.82, 2.24) is 10.2 Å². The summed E-state index contributed by atoms with van der Waals surface area (Å²) in [5.41, 5.74) is 2.87. The van der Waals surface area contributed by atoms with Crippen LogP contribution in [0.5, 0.6) is 11.5 Å². The van der Waals surface area contributed by atoms with Gasteiger partial charge in [0, 0.05) is 23.1 Å². The minimum absolute atomic E-state index is 0.370. The average molecular weight is 384 g/mol. The highest BCUT2D eigenvalue weighted by molar-refractivity contribution is 5.62. The average Bonchev–Trinajstić information content (AvgIpc) is 3.35. The zero-order valence-electron chi connectivity index (χ0n) is 16.4. The van der Waals surface area contributed by atoms with Crippen molar-refractivity contribution in [3.8, 4) is 34.6 Å². The van der Waals surface area contributed by atoms with Crippen LogP contribution in [0.3, 0.4) is 0 Å². The van der Waals surface area contributed by atoms with Gasteiger partial charge in [-0.15, -0.1) is 10.2 Å². The number of hydrogen-bond acceptors (Lipinski definition) is 7. The van der Waals surface area contributed by atoms with E-state index in [0.717, 1.165) is 29.5 Å². The van der Waals surface area contributed by atoms with E-state index in [-0.39, 0.29) is 0 Å². The first-order valence-corrected chi connectivity index (χ1v) is 9.47. The molecule has 0 aliphatic carbocycles. The highest BCUT2D eigenvalue weighted by Gasteiger charge is 2.23. The molecule has 148 valence electrons. The molecule has 7 nitrogen and oxygen atoms in total. The van der Waals surface area contributed by atoms with E-state index < -0.39 is 0 Å². The fraction of sp³-hybridized carbons (Fsp3) is 0.429. The van der Waals surface area contributed by atoms with Crippen molar-refractivity contribution < 1.29 is 23.0 Å². The molecule has 0 atom stereocenters. The van der Waals surface area contributed by atoms with Gasteiger partial charge in [0.05, 0.1) is 33.2 Å². The zero-order chi connectivity index (χ0) is 19.5. The van der Waals surface area contributed by atoms with Gasteiger partial charge >= 0.3 is 0 Å². The van der Waals surface area contributed by atoms with Crippen LogP contribution < -0.4 is 9.47 Å². The van der Waals surface area contributed by atoms with E-state index in [1.165, 1.54) is 0 Å². The highest BCUT2D eigenvalue weighted by Crippen LogP contribution is 2.35. The van der Waals surface area contributed by atoms with Crippen LogP contribution in [0.25, 0.3) is 23.1 Å². The summed E-state index contributed by atoms with van der Waals surface area (Å²) in [6, 6.07) is 5.59. The molecule has 1 aliphatic rings. The van der Waals surface area contributed by atoms with Gasteiger partial charge in [0.15, 0.2) is 17.3 Å². The Balaban J connectivity index is 1.56. The topological polar surface area (TPSA) is 79.8 Å². The minimum Gasteiger partial charge on any atom is -0.493 e. The molecule has 0 saturated carbocycles. The Labute approximate surface area is 163 Å². The van der Waals surface area contributed by atoms with Gasteiger partial charge in [0.25, 0.3) is 5.89 Å². The largest absolute Gasteiger partial charge is 0.493 e. The lowest BCUT2D eigenvalue weighted by atomic mass is 10.1. The van der Waals surface area contributed by atoms with Crippen LogP contribution in [0, 0.1) is 5.92 Å². The quantitative estimate of drug-likeness (QED) is 0.593. The summed E-state index contributed by atoms with van der Waals surface area (Å²) < 4.78 is 28.3. The summed E-state index contributed by atoms with van der Waals surface area (Å²) in [4.78, 5) is 0. The Morgan fingerprint density at radius 3 is 2.82 bits per heavy atom. The van der Waals surface area contributed by atoms with Gasteiger partial charge in [-0.05, 0) is 30.5 Å². The summed E-state index contributed by atoms with van der Waals surface area (Å²) in [6.07, 6.45) is 3.45.